The molecule has 4 rings (SSSR count). The van der Waals surface area contributed by atoms with Crippen LogP contribution in [0.4, 0.5) is 0 Å². The third-order valence-electron chi connectivity index (χ3n) is 8.19. The number of hydrogen-bond acceptors (Lipinski definition) is 5. The zero-order valence-corrected chi connectivity index (χ0v) is 24.2. The molecule has 204 valence electrons. The Hall–Kier alpha value is -1.21. The number of halogens is 4. The van der Waals surface area contributed by atoms with Gasteiger partial charge in [0.25, 0.3) is 0 Å². The molecule has 2 aliphatic heterocycles. The second kappa shape index (κ2) is 11.1. The molecule has 0 radical (unpaired) electrons. The van der Waals surface area contributed by atoms with Crippen molar-refractivity contribution >= 4 is 64.2 Å². The normalized spacial score (nSPS) is 41.7. The highest BCUT2D eigenvalue weighted by molar-refractivity contribution is 6.68. The van der Waals surface area contributed by atoms with Gasteiger partial charge in [-0.2, -0.15) is 0 Å². The molecule has 4 aliphatic rings. The number of carbonyl (C=O) groups is 3. The highest BCUT2D eigenvalue weighted by Gasteiger charge is 2.50. The molecule has 1 N–H and O–H groups in total. The van der Waals surface area contributed by atoms with Crippen molar-refractivity contribution in [1.82, 2.24) is 5.32 Å². The fraction of sp³-hybridized carbons (Fsp3) is 0.667. The highest BCUT2D eigenvalue weighted by atomic mass is 35.6. The fourth-order valence-electron chi connectivity index (χ4n) is 5.94. The van der Waals surface area contributed by atoms with Crippen LogP contribution in [-0.4, -0.2) is 45.8 Å². The Kier molecular flexibility index (Phi) is 8.65. The van der Waals surface area contributed by atoms with Gasteiger partial charge in [-0.15, -0.1) is 11.6 Å². The topological polar surface area (TPSA) is 81.7 Å². The van der Waals surface area contributed by atoms with Crippen LogP contribution >= 0.6 is 46.4 Å². The van der Waals surface area contributed by atoms with Gasteiger partial charge < -0.3 is 14.8 Å². The lowest BCUT2D eigenvalue weighted by Gasteiger charge is -2.41. The number of esters is 2. The van der Waals surface area contributed by atoms with Crippen LogP contribution in [0.5, 0.6) is 0 Å². The summed E-state index contributed by atoms with van der Waals surface area (Å²) in [6, 6.07) is 0. The van der Waals surface area contributed by atoms with E-state index in [9.17, 15) is 14.4 Å². The van der Waals surface area contributed by atoms with Gasteiger partial charge in [-0.3, -0.25) is 9.59 Å². The molecule has 37 heavy (non-hydrogen) atoms. The Morgan fingerprint density at radius 1 is 1.14 bits per heavy atom. The number of carbonyl (C=O) groups excluding carboxylic acids is 3. The molecule has 2 fully saturated rings. The van der Waals surface area contributed by atoms with Gasteiger partial charge in [-0.05, 0) is 50.4 Å². The van der Waals surface area contributed by atoms with Crippen molar-refractivity contribution < 1.29 is 23.9 Å². The Bertz CT molecular complexity index is 1030. The van der Waals surface area contributed by atoms with Crippen LogP contribution < -0.4 is 5.32 Å². The molecule has 0 unspecified atom stereocenters. The van der Waals surface area contributed by atoms with E-state index in [0.717, 1.165) is 11.1 Å². The maximum atomic E-state index is 12.9. The predicted molar refractivity (Wildman–Crippen MR) is 145 cm³/mol. The van der Waals surface area contributed by atoms with Gasteiger partial charge in [0.2, 0.25) is 9.70 Å². The van der Waals surface area contributed by atoms with Gasteiger partial charge in [-0.1, -0.05) is 72.5 Å². The van der Waals surface area contributed by atoms with Crippen LogP contribution in [0.3, 0.4) is 0 Å². The van der Waals surface area contributed by atoms with Crippen LogP contribution in [0, 0.1) is 29.1 Å². The van der Waals surface area contributed by atoms with E-state index in [0.29, 0.717) is 32.2 Å². The lowest BCUT2D eigenvalue weighted by atomic mass is 9.61. The van der Waals surface area contributed by atoms with E-state index in [4.69, 9.17) is 55.9 Å². The lowest BCUT2D eigenvalue weighted by molar-refractivity contribution is -0.156. The van der Waals surface area contributed by atoms with E-state index in [1.54, 1.807) is 0 Å². The third kappa shape index (κ3) is 6.51. The number of rotatable bonds is 1. The van der Waals surface area contributed by atoms with Crippen LogP contribution in [0.25, 0.3) is 0 Å². The molecule has 1 saturated carbocycles. The molecule has 0 spiro atoms. The van der Waals surface area contributed by atoms with E-state index in [1.165, 1.54) is 6.08 Å². The van der Waals surface area contributed by atoms with Crippen LogP contribution in [0.2, 0.25) is 0 Å². The second-order valence-electron chi connectivity index (χ2n) is 11.0. The third-order valence-corrected chi connectivity index (χ3v) is 9.42. The molecule has 2 aliphatic carbocycles. The molecule has 2 heterocycles. The fourth-order valence-corrected chi connectivity index (χ4v) is 6.76. The molecule has 0 bridgehead atoms. The minimum absolute atomic E-state index is 0.0581. The van der Waals surface area contributed by atoms with Gasteiger partial charge in [0.15, 0.2) is 0 Å². The minimum atomic E-state index is -1.80. The molecule has 0 aromatic rings. The smallest absolute Gasteiger partial charge is 0.330 e. The van der Waals surface area contributed by atoms with Crippen molar-refractivity contribution in [1.29, 1.82) is 0 Å². The number of fused-ring (bicyclic) bond motifs is 3. The predicted octanol–water partition coefficient (Wildman–Crippen LogP) is 5.83. The zero-order chi connectivity index (χ0) is 27.1. The van der Waals surface area contributed by atoms with E-state index in [-0.39, 0.29) is 41.4 Å². The summed E-state index contributed by atoms with van der Waals surface area (Å²) in [6.45, 7) is 6.70. The lowest BCUT2D eigenvalue weighted by Crippen LogP contribution is -2.38. The average molecular weight is 593 g/mol. The van der Waals surface area contributed by atoms with Gasteiger partial charge in [0, 0.05) is 34.9 Å². The first-order valence-corrected chi connectivity index (χ1v) is 14.3. The minimum Gasteiger partial charge on any atom is -0.458 e. The molecule has 1 saturated heterocycles. The maximum absolute atomic E-state index is 12.9. The summed E-state index contributed by atoms with van der Waals surface area (Å²) in [5, 5.41) is 2.79. The summed E-state index contributed by atoms with van der Waals surface area (Å²) < 4.78 is 9.48. The Labute approximate surface area is 238 Å². The van der Waals surface area contributed by atoms with Gasteiger partial charge in [0.05, 0.1) is 6.42 Å². The number of alkyl halides is 4. The number of ether oxygens (including phenoxy) is 2. The second-order valence-corrected chi connectivity index (χ2v) is 14.0. The van der Waals surface area contributed by atoms with Crippen LogP contribution in [-0.2, 0) is 23.9 Å². The van der Waals surface area contributed by atoms with Crippen molar-refractivity contribution in [3.05, 3.63) is 35.5 Å². The van der Waals surface area contributed by atoms with E-state index in [1.807, 2.05) is 12.2 Å². The molecule has 1 amide bonds. The Balaban J connectivity index is 1.68. The molecule has 0 aromatic carbocycles. The first-order chi connectivity index (χ1) is 17.3. The van der Waals surface area contributed by atoms with E-state index in [2.05, 4.69) is 32.2 Å². The number of amides is 1. The van der Waals surface area contributed by atoms with Gasteiger partial charge in [0.1, 0.15) is 12.2 Å². The SMILES string of the molecule is C/C1=C\[C@H](C)CC[C@H](C(Cl)(Cl)Cl)OC(=O)C[C@@H]([C@@H]2C[C@H]2Cl)OC(=O)/C=C/[C@@H]2[C@@H]1CC=C1C(=O)NC[C@@]12C. The van der Waals surface area contributed by atoms with Crippen molar-refractivity contribution in [2.45, 2.75) is 74.3 Å². The van der Waals surface area contributed by atoms with Crippen LogP contribution in [0.1, 0.15) is 52.9 Å². The summed E-state index contributed by atoms with van der Waals surface area (Å²) in [5.74, 6) is -1.27. The van der Waals surface area contributed by atoms with Crippen LogP contribution in [0.15, 0.2) is 35.5 Å². The van der Waals surface area contributed by atoms with E-state index < -0.39 is 33.4 Å². The first kappa shape index (κ1) is 28.8. The van der Waals surface area contributed by atoms with Gasteiger partial charge >= 0.3 is 11.9 Å². The number of cyclic esters (lactones) is 2. The van der Waals surface area contributed by atoms with Crippen molar-refractivity contribution in [3.63, 3.8) is 0 Å². The highest BCUT2D eigenvalue weighted by Crippen LogP contribution is 2.50. The average Bonchev–Trinajstić information content (AvgIpc) is 3.45. The quantitative estimate of drug-likeness (QED) is 0.235. The summed E-state index contributed by atoms with van der Waals surface area (Å²) in [6.07, 6.45) is 7.96. The summed E-state index contributed by atoms with van der Waals surface area (Å²) >= 11 is 24.7. The standard InChI is InChI=1S/C27H33Cl4NO5/c1-14-4-8-22(27(29,30)31)37-24(34)12-21(17-11-20(17)28)36-23(33)9-7-18-16(15(2)10-14)5-6-19-25(35)32-13-26(18,19)3/h6-7,9-10,14,16-18,20-22H,4-5,8,11-13H2,1-3H3,(H,32,35)/b9-7+,15-10+/t14-,16-,17-,18-,20-,21+,22-,26-/m1/s1. The number of hydrogen-bond donors (Lipinski definition) is 1. The molecule has 6 nitrogen and oxygen atoms in total. The molecular formula is C27H33Cl4NO5. The van der Waals surface area contributed by atoms with Gasteiger partial charge in [-0.25, -0.2) is 4.79 Å². The first-order valence-electron chi connectivity index (χ1n) is 12.8. The maximum Gasteiger partial charge on any atom is 0.330 e. The monoisotopic (exact) mass is 591 g/mol. The van der Waals surface area contributed by atoms with E-state index >= 15 is 0 Å². The summed E-state index contributed by atoms with van der Waals surface area (Å²) in [4.78, 5) is 38.3. The summed E-state index contributed by atoms with van der Waals surface area (Å²) in [7, 11) is 0. The Morgan fingerprint density at radius 2 is 1.84 bits per heavy atom. The number of nitrogens with one attached hydrogen (secondary N) is 1. The molecular weight excluding hydrogens is 560 g/mol. The van der Waals surface area contributed by atoms with Crippen molar-refractivity contribution in [3.8, 4) is 0 Å². The molecule has 8 atom stereocenters. The molecule has 0 aromatic heterocycles. The number of allylic oxidation sites excluding steroid dienone is 4. The summed E-state index contributed by atoms with van der Waals surface area (Å²) in [5.41, 5.74) is 1.46. The Morgan fingerprint density at radius 3 is 2.49 bits per heavy atom. The zero-order valence-electron chi connectivity index (χ0n) is 21.1. The largest absolute Gasteiger partial charge is 0.458 e. The molecule has 10 heteroatoms. The van der Waals surface area contributed by atoms with Crippen molar-refractivity contribution in [2.24, 2.45) is 29.1 Å². The van der Waals surface area contributed by atoms with Crippen molar-refractivity contribution in [2.75, 3.05) is 6.54 Å².